The van der Waals surface area contributed by atoms with Crippen LogP contribution in [0, 0.1) is 5.41 Å². The van der Waals surface area contributed by atoms with Crippen molar-refractivity contribution < 1.29 is 4.52 Å². The molecule has 1 unspecified atom stereocenters. The van der Waals surface area contributed by atoms with Crippen molar-refractivity contribution in [2.45, 2.75) is 37.6 Å². The molecule has 2 fully saturated rings. The van der Waals surface area contributed by atoms with Crippen LogP contribution in [0.3, 0.4) is 0 Å². The van der Waals surface area contributed by atoms with E-state index in [1.165, 1.54) is 12.8 Å². The highest BCUT2D eigenvalue weighted by molar-refractivity contribution is 5.75. The Bertz CT molecular complexity index is 410. The molecule has 0 radical (unpaired) electrons. The van der Waals surface area contributed by atoms with Crippen molar-refractivity contribution in [2.75, 3.05) is 6.54 Å². The smallest absolute Gasteiger partial charge is 0.189 e. The normalized spacial score (nSPS) is 25.0. The van der Waals surface area contributed by atoms with E-state index in [1.54, 1.807) is 0 Å². The molecule has 0 spiro atoms. The zero-order valence-electron chi connectivity index (χ0n) is 9.15. The summed E-state index contributed by atoms with van der Waals surface area (Å²) in [6.07, 6.45) is 4.52. The van der Waals surface area contributed by atoms with E-state index in [9.17, 15) is 0 Å². The molecule has 0 bridgehead atoms. The first-order valence-electron chi connectivity index (χ1n) is 5.83. The average Bonchev–Trinajstić information content (AvgIpc) is 2.83. The van der Waals surface area contributed by atoms with Crippen molar-refractivity contribution in [3.63, 3.8) is 0 Å². The molecule has 2 heterocycles. The van der Waals surface area contributed by atoms with E-state index in [0.717, 1.165) is 30.8 Å². The standard InChI is InChI=1S/C11H16N4O/c12-11(13)15-5-1-2-9(15)10-6-8(14-16-10)7-3-4-7/h6-7,9H,1-5H2,(H3,12,13). The molecule has 0 aromatic carbocycles. The summed E-state index contributed by atoms with van der Waals surface area (Å²) in [6, 6.07) is 2.17. The SMILES string of the molecule is N=C(N)N1CCCC1c1cc(C2CC2)no1. The number of nitrogens with zero attached hydrogens (tertiary/aromatic N) is 2. The molecule has 0 amide bonds. The Morgan fingerprint density at radius 1 is 1.50 bits per heavy atom. The van der Waals surface area contributed by atoms with Gasteiger partial charge >= 0.3 is 0 Å². The van der Waals surface area contributed by atoms with Gasteiger partial charge < -0.3 is 15.2 Å². The first-order chi connectivity index (χ1) is 7.75. The van der Waals surface area contributed by atoms with E-state index in [-0.39, 0.29) is 12.0 Å². The molecule has 1 saturated heterocycles. The van der Waals surface area contributed by atoms with E-state index in [1.807, 2.05) is 11.0 Å². The molecule has 16 heavy (non-hydrogen) atoms. The first kappa shape index (κ1) is 9.69. The Labute approximate surface area is 94.1 Å². The lowest BCUT2D eigenvalue weighted by molar-refractivity contribution is 0.289. The predicted molar refractivity (Wildman–Crippen MR) is 59.1 cm³/mol. The third-order valence-corrected chi connectivity index (χ3v) is 3.43. The van der Waals surface area contributed by atoms with Gasteiger partial charge in [0.1, 0.15) is 0 Å². The van der Waals surface area contributed by atoms with Gasteiger partial charge in [-0.1, -0.05) is 5.16 Å². The number of hydrogen-bond acceptors (Lipinski definition) is 3. The maximum absolute atomic E-state index is 7.52. The van der Waals surface area contributed by atoms with Crippen molar-refractivity contribution in [1.82, 2.24) is 10.1 Å². The highest BCUT2D eigenvalue weighted by Gasteiger charge is 2.33. The second-order valence-corrected chi connectivity index (χ2v) is 4.67. The Kier molecular flexibility index (Phi) is 2.12. The summed E-state index contributed by atoms with van der Waals surface area (Å²) in [4.78, 5) is 1.89. The second kappa shape index (κ2) is 3.50. The van der Waals surface area contributed by atoms with Crippen molar-refractivity contribution in [3.05, 3.63) is 17.5 Å². The number of likely N-dealkylation sites (tertiary alicyclic amines) is 1. The molecule has 3 rings (SSSR count). The monoisotopic (exact) mass is 220 g/mol. The van der Waals surface area contributed by atoms with Crippen LogP contribution in [0.2, 0.25) is 0 Å². The van der Waals surface area contributed by atoms with E-state index in [0.29, 0.717) is 5.92 Å². The summed E-state index contributed by atoms with van der Waals surface area (Å²) < 4.78 is 5.39. The van der Waals surface area contributed by atoms with Crippen molar-refractivity contribution >= 4 is 5.96 Å². The maximum atomic E-state index is 7.52. The first-order valence-corrected chi connectivity index (χ1v) is 5.83. The van der Waals surface area contributed by atoms with Crippen LogP contribution < -0.4 is 5.73 Å². The molecule has 5 heteroatoms. The van der Waals surface area contributed by atoms with E-state index in [2.05, 4.69) is 5.16 Å². The van der Waals surface area contributed by atoms with Gasteiger partial charge in [0.25, 0.3) is 0 Å². The fourth-order valence-electron chi connectivity index (χ4n) is 2.38. The Hall–Kier alpha value is -1.52. The Morgan fingerprint density at radius 3 is 3.00 bits per heavy atom. The zero-order chi connectivity index (χ0) is 11.1. The predicted octanol–water partition coefficient (Wildman–Crippen LogP) is 1.58. The molecule has 1 aliphatic heterocycles. The van der Waals surface area contributed by atoms with Gasteiger partial charge in [-0.15, -0.1) is 0 Å². The summed E-state index contributed by atoms with van der Waals surface area (Å²) in [5.41, 5.74) is 6.63. The molecule has 2 aliphatic rings. The lowest BCUT2D eigenvalue weighted by Gasteiger charge is -2.21. The minimum Gasteiger partial charge on any atom is -0.370 e. The van der Waals surface area contributed by atoms with E-state index >= 15 is 0 Å². The number of guanidine groups is 1. The van der Waals surface area contributed by atoms with Crippen molar-refractivity contribution in [2.24, 2.45) is 5.73 Å². The number of hydrogen-bond donors (Lipinski definition) is 2. The molecule has 86 valence electrons. The number of nitrogens with two attached hydrogens (primary N) is 1. The summed E-state index contributed by atoms with van der Waals surface area (Å²) in [5.74, 6) is 1.62. The van der Waals surface area contributed by atoms with Crippen LogP contribution in [-0.2, 0) is 0 Å². The lowest BCUT2D eigenvalue weighted by atomic mass is 10.1. The van der Waals surface area contributed by atoms with Crippen LogP contribution >= 0.6 is 0 Å². The van der Waals surface area contributed by atoms with Crippen LogP contribution in [0.4, 0.5) is 0 Å². The molecule has 1 aromatic heterocycles. The summed E-state index contributed by atoms with van der Waals surface area (Å²) in [5, 5.41) is 11.6. The van der Waals surface area contributed by atoms with Gasteiger partial charge in [-0.3, -0.25) is 5.41 Å². The minimum absolute atomic E-state index is 0.123. The average molecular weight is 220 g/mol. The maximum Gasteiger partial charge on any atom is 0.189 e. The van der Waals surface area contributed by atoms with Gasteiger partial charge in [-0.2, -0.15) is 0 Å². The van der Waals surface area contributed by atoms with Crippen LogP contribution in [0.5, 0.6) is 0 Å². The number of aromatic nitrogens is 1. The summed E-state index contributed by atoms with van der Waals surface area (Å²) in [7, 11) is 0. The van der Waals surface area contributed by atoms with Gasteiger partial charge in [-0.05, 0) is 25.7 Å². The molecular formula is C11H16N4O. The van der Waals surface area contributed by atoms with Crippen LogP contribution in [0.1, 0.15) is 49.1 Å². The fraction of sp³-hybridized carbons (Fsp3) is 0.636. The third-order valence-electron chi connectivity index (χ3n) is 3.43. The lowest BCUT2D eigenvalue weighted by Crippen LogP contribution is -2.35. The van der Waals surface area contributed by atoms with Crippen LogP contribution in [0.25, 0.3) is 0 Å². The van der Waals surface area contributed by atoms with Crippen molar-refractivity contribution in [3.8, 4) is 0 Å². The Balaban J connectivity index is 1.81. The van der Waals surface area contributed by atoms with Crippen LogP contribution in [0.15, 0.2) is 10.6 Å². The molecule has 3 N–H and O–H groups in total. The third kappa shape index (κ3) is 1.56. The highest BCUT2D eigenvalue weighted by Crippen LogP contribution is 2.41. The van der Waals surface area contributed by atoms with Gasteiger partial charge in [0.05, 0.1) is 11.7 Å². The van der Waals surface area contributed by atoms with Gasteiger partial charge in [0.2, 0.25) is 0 Å². The van der Waals surface area contributed by atoms with Crippen molar-refractivity contribution in [1.29, 1.82) is 5.41 Å². The molecule has 1 saturated carbocycles. The molecule has 1 aliphatic carbocycles. The number of nitrogens with one attached hydrogen (secondary N) is 1. The van der Waals surface area contributed by atoms with E-state index in [4.69, 9.17) is 15.7 Å². The molecular weight excluding hydrogens is 204 g/mol. The topological polar surface area (TPSA) is 79.1 Å². The molecule has 1 atom stereocenters. The van der Waals surface area contributed by atoms with Gasteiger partial charge in [0.15, 0.2) is 11.7 Å². The minimum atomic E-state index is 0.123. The fourth-order valence-corrected chi connectivity index (χ4v) is 2.38. The summed E-state index contributed by atoms with van der Waals surface area (Å²) >= 11 is 0. The quantitative estimate of drug-likeness (QED) is 0.586. The summed E-state index contributed by atoms with van der Waals surface area (Å²) in [6.45, 7) is 0.847. The highest BCUT2D eigenvalue weighted by atomic mass is 16.5. The number of rotatable bonds is 2. The second-order valence-electron chi connectivity index (χ2n) is 4.67. The largest absolute Gasteiger partial charge is 0.370 e. The van der Waals surface area contributed by atoms with Crippen LogP contribution in [-0.4, -0.2) is 22.6 Å². The Morgan fingerprint density at radius 2 is 2.31 bits per heavy atom. The van der Waals surface area contributed by atoms with E-state index < -0.39 is 0 Å². The molecule has 5 nitrogen and oxygen atoms in total. The van der Waals surface area contributed by atoms with Gasteiger partial charge in [0, 0.05) is 18.5 Å². The van der Waals surface area contributed by atoms with Gasteiger partial charge in [-0.25, -0.2) is 0 Å². The molecule has 1 aromatic rings. The zero-order valence-corrected chi connectivity index (χ0v) is 9.15.